The van der Waals surface area contributed by atoms with Crippen molar-refractivity contribution in [3.63, 3.8) is 0 Å². The van der Waals surface area contributed by atoms with Crippen molar-refractivity contribution < 1.29 is 18.7 Å². The Labute approximate surface area is 153 Å². The Hall–Kier alpha value is -2.50. The van der Waals surface area contributed by atoms with Gasteiger partial charge in [-0.2, -0.15) is 0 Å². The second-order valence-corrected chi connectivity index (χ2v) is 6.87. The molecule has 0 unspecified atom stereocenters. The van der Waals surface area contributed by atoms with Crippen molar-refractivity contribution >= 4 is 22.8 Å². The Bertz CT molecular complexity index is 819. The maximum atomic E-state index is 13.0. The summed E-state index contributed by atoms with van der Waals surface area (Å²) >= 11 is 0. The third kappa shape index (κ3) is 3.28. The lowest BCUT2D eigenvalue weighted by molar-refractivity contribution is -0.128. The fourth-order valence-corrected chi connectivity index (χ4v) is 3.71. The first kappa shape index (κ1) is 18.3. The van der Waals surface area contributed by atoms with Gasteiger partial charge in [-0.3, -0.25) is 9.59 Å². The molecule has 6 heteroatoms. The second-order valence-electron chi connectivity index (χ2n) is 6.87. The summed E-state index contributed by atoms with van der Waals surface area (Å²) in [6.45, 7) is 4.27. The van der Waals surface area contributed by atoms with Crippen molar-refractivity contribution in [2.75, 3.05) is 13.7 Å². The van der Waals surface area contributed by atoms with E-state index in [1.807, 2.05) is 19.9 Å². The maximum Gasteiger partial charge on any atom is 0.288 e. The fourth-order valence-electron chi connectivity index (χ4n) is 3.71. The highest BCUT2D eigenvalue weighted by Crippen LogP contribution is 2.32. The molecule has 1 fully saturated rings. The molecule has 6 nitrogen and oxygen atoms in total. The van der Waals surface area contributed by atoms with E-state index in [2.05, 4.69) is 10.6 Å². The number of carbonyl (C=O) groups is 2. The molecule has 1 aromatic carbocycles. The number of likely N-dealkylation sites (N-methyl/N-ethyl adjacent to an activating group) is 1. The second kappa shape index (κ2) is 7.40. The number of nitrogens with one attached hydrogen (secondary N) is 2. The first-order valence-corrected chi connectivity index (χ1v) is 9.18. The molecule has 1 aliphatic carbocycles. The first-order valence-electron chi connectivity index (χ1n) is 9.18. The van der Waals surface area contributed by atoms with Gasteiger partial charge in [0.1, 0.15) is 16.9 Å². The van der Waals surface area contributed by atoms with Crippen LogP contribution in [0.1, 0.15) is 55.1 Å². The van der Waals surface area contributed by atoms with E-state index >= 15 is 0 Å². The van der Waals surface area contributed by atoms with Crippen molar-refractivity contribution in [3.05, 3.63) is 29.5 Å². The third-order valence-corrected chi connectivity index (χ3v) is 5.18. The molecule has 2 amide bonds. The van der Waals surface area contributed by atoms with Crippen LogP contribution >= 0.6 is 0 Å². The number of hydrogen-bond acceptors (Lipinski definition) is 4. The van der Waals surface area contributed by atoms with Crippen molar-refractivity contribution in [2.24, 2.45) is 0 Å². The highest BCUT2D eigenvalue weighted by Gasteiger charge is 2.41. The zero-order chi connectivity index (χ0) is 18.7. The molecule has 1 heterocycles. The molecular weight excluding hydrogens is 332 g/mol. The summed E-state index contributed by atoms with van der Waals surface area (Å²) < 4.78 is 11.0. The van der Waals surface area contributed by atoms with E-state index in [1.165, 1.54) is 0 Å². The molecule has 1 aromatic heterocycles. The van der Waals surface area contributed by atoms with Crippen molar-refractivity contribution in [1.29, 1.82) is 0 Å². The Morgan fingerprint density at radius 1 is 1.23 bits per heavy atom. The molecule has 26 heavy (non-hydrogen) atoms. The highest BCUT2D eigenvalue weighted by atomic mass is 16.5. The van der Waals surface area contributed by atoms with Crippen LogP contribution < -0.4 is 15.4 Å². The summed E-state index contributed by atoms with van der Waals surface area (Å²) in [4.78, 5) is 25.6. The van der Waals surface area contributed by atoms with Gasteiger partial charge in [-0.1, -0.05) is 19.3 Å². The van der Waals surface area contributed by atoms with E-state index in [4.69, 9.17) is 9.15 Å². The van der Waals surface area contributed by atoms with Crippen LogP contribution in [0.5, 0.6) is 5.75 Å². The van der Waals surface area contributed by atoms with Crippen LogP contribution in [0.15, 0.2) is 22.6 Å². The fraction of sp³-hybridized carbons (Fsp3) is 0.500. The minimum Gasteiger partial charge on any atom is -0.497 e. The summed E-state index contributed by atoms with van der Waals surface area (Å²) in [5.41, 5.74) is 0.525. The molecule has 3 rings (SSSR count). The Balaban J connectivity index is 1.91. The number of fused-ring (bicyclic) bond motifs is 1. The summed E-state index contributed by atoms with van der Waals surface area (Å²) in [6.07, 6.45) is 4.23. The molecule has 2 aromatic rings. The lowest BCUT2D eigenvalue weighted by atomic mass is 9.80. The molecular formula is C20H26N2O4. The lowest BCUT2D eigenvalue weighted by Gasteiger charge is -2.36. The van der Waals surface area contributed by atoms with E-state index in [-0.39, 0.29) is 17.6 Å². The zero-order valence-electron chi connectivity index (χ0n) is 15.6. The molecule has 0 radical (unpaired) electrons. The number of benzene rings is 1. The maximum absolute atomic E-state index is 13.0. The van der Waals surface area contributed by atoms with Gasteiger partial charge in [0.15, 0.2) is 5.76 Å². The van der Waals surface area contributed by atoms with Gasteiger partial charge in [-0.25, -0.2) is 0 Å². The normalized spacial score (nSPS) is 16.3. The van der Waals surface area contributed by atoms with Crippen molar-refractivity contribution in [3.8, 4) is 5.75 Å². The Morgan fingerprint density at radius 2 is 1.96 bits per heavy atom. The summed E-state index contributed by atoms with van der Waals surface area (Å²) in [6, 6.07) is 5.44. The minimum atomic E-state index is -0.853. The summed E-state index contributed by atoms with van der Waals surface area (Å²) in [5, 5.41) is 6.69. The highest BCUT2D eigenvalue weighted by molar-refractivity contribution is 6.02. The number of hydrogen-bond donors (Lipinski definition) is 2. The van der Waals surface area contributed by atoms with Gasteiger partial charge in [0, 0.05) is 17.5 Å². The number of rotatable bonds is 5. The molecule has 0 spiro atoms. The van der Waals surface area contributed by atoms with E-state index < -0.39 is 5.54 Å². The van der Waals surface area contributed by atoms with Gasteiger partial charge in [0.25, 0.3) is 5.91 Å². The van der Waals surface area contributed by atoms with Gasteiger partial charge < -0.3 is 19.8 Å². The lowest BCUT2D eigenvalue weighted by Crippen LogP contribution is -2.59. The number of ether oxygens (including phenoxy) is 1. The standard InChI is InChI=1S/C20H26N2O4/c1-4-21-19(24)20(10-6-5-7-11-20)22-18(23)17-13(2)15-12-14(25-3)8-9-16(15)26-17/h8-9,12H,4-7,10-11H2,1-3H3,(H,21,24)(H,22,23). The van der Waals surface area contributed by atoms with E-state index in [1.54, 1.807) is 19.2 Å². The average Bonchev–Trinajstić information content (AvgIpc) is 2.99. The smallest absolute Gasteiger partial charge is 0.288 e. The number of carbonyl (C=O) groups excluding carboxylic acids is 2. The number of furan rings is 1. The quantitative estimate of drug-likeness (QED) is 0.859. The predicted molar refractivity (Wildman–Crippen MR) is 99.5 cm³/mol. The van der Waals surface area contributed by atoms with Gasteiger partial charge >= 0.3 is 0 Å². The molecule has 0 aliphatic heterocycles. The molecule has 0 atom stereocenters. The average molecular weight is 358 g/mol. The van der Waals surface area contributed by atoms with Crippen LogP contribution in [-0.2, 0) is 4.79 Å². The zero-order valence-corrected chi connectivity index (χ0v) is 15.6. The van der Waals surface area contributed by atoms with Crippen LogP contribution in [0, 0.1) is 6.92 Å². The van der Waals surface area contributed by atoms with Crippen LogP contribution in [0.25, 0.3) is 11.0 Å². The topological polar surface area (TPSA) is 80.6 Å². The summed E-state index contributed by atoms with van der Waals surface area (Å²) in [5.74, 6) is 0.510. The summed E-state index contributed by atoms with van der Waals surface area (Å²) in [7, 11) is 1.60. The van der Waals surface area contributed by atoms with Gasteiger partial charge in [-0.15, -0.1) is 0 Å². The van der Waals surface area contributed by atoms with Gasteiger partial charge in [0.05, 0.1) is 7.11 Å². The van der Waals surface area contributed by atoms with E-state index in [9.17, 15) is 9.59 Å². The van der Waals surface area contributed by atoms with Crippen LogP contribution in [0.4, 0.5) is 0 Å². The number of methoxy groups -OCH3 is 1. The first-order chi connectivity index (χ1) is 12.5. The monoisotopic (exact) mass is 358 g/mol. The Morgan fingerprint density at radius 3 is 2.62 bits per heavy atom. The van der Waals surface area contributed by atoms with E-state index in [0.717, 1.165) is 30.2 Å². The molecule has 0 saturated heterocycles. The minimum absolute atomic E-state index is 0.108. The number of amides is 2. The Kier molecular flexibility index (Phi) is 5.20. The SMILES string of the molecule is CCNC(=O)C1(NC(=O)c2oc3ccc(OC)cc3c2C)CCCCC1. The van der Waals surface area contributed by atoms with Crippen LogP contribution in [-0.4, -0.2) is 31.0 Å². The number of aryl methyl sites for hydroxylation is 1. The van der Waals surface area contributed by atoms with Gasteiger partial charge in [0.2, 0.25) is 5.91 Å². The molecule has 1 saturated carbocycles. The van der Waals surface area contributed by atoms with Crippen LogP contribution in [0.3, 0.4) is 0 Å². The van der Waals surface area contributed by atoms with Crippen LogP contribution in [0.2, 0.25) is 0 Å². The predicted octanol–water partition coefficient (Wildman–Crippen LogP) is 3.32. The largest absolute Gasteiger partial charge is 0.497 e. The molecule has 2 N–H and O–H groups in total. The molecule has 140 valence electrons. The molecule has 0 bridgehead atoms. The van der Waals surface area contributed by atoms with Crippen molar-refractivity contribution in [1.82, 2.24) is 10.6 Å². The van der Waals surface area contributed by atoms with E-state index in [0.29, 0.717) is 30.7 Å². The van der Waals surface area contributed by atoms with Crippen molar-refractivity contribution in [2.45, 2.75) is 51.5 Å². The molecule has 1 aliphatic rings. The third-order valence-electron chi connectivity index (χ3n) is 5.18. The van der Waals surface area contributed by atoms with Gasteiger partial charge in [-0.05, 0) is 44.9 Å².